The molecule has 2 aromatic carbocycles. The van der Waals surface area contributed by atoms with Crippen LogP contribution in [0.4, 0.5) is 0 Å². The maximum atomic E-state index is 12.7. The highest BCUT2D eigenvalue weighted by molar-refractivity contribution is 5.96. The topological polar surface area (TPSA) is 99.3 Å². The highest BCUT2D eigenvalue weighted by atomic mass is 16.2. The van der Waals surface area contributed by atoms with Crippen LogP contribution in [-0.4, -0.2) is 31.1 Å². The molecule has 0 radical (unpaired) electrons. The summed E-state index contributed by atoms with van der Waals surface area (Å²) in [5.41, 5.74) is 7.46. The van der Waals surface area contributed by atoms with Gasteiger partial charge in [-0.2, -0.15) is 5.10 Å². The zero-order valence-electron chi connectivity index (χ0n) is 15.8. The van der Waals surface area contributed by atoms with Crippen molar-refractivity contribution in [2.24, 2.45) is 0 Å². The van der Waals surface area contributed by atoms with Gasteiger partial charge >= 0.3 is 0 Å². The first-order valence-electron chi connectivity index (χ1n) is 9.62. The maximum absolute atomic E-state index is 12.7. The predicted octanol–water partition coefficient (Wildman–Crippen LogP) is 3.85. The fourth-order valence-electron chi connectivity index (χ4n) is 4.18. The number of benzene rings is 2. The third-order valence-corrected chi connectivity index (χ3v) is 5.51. The van der Waals surface area contributed by atoms with Crippen molar-refractivity contribution in [2.45, 2.75) is 6.04 Å². The summed E-state index contributed by atoms with van der Waals surface area (Å²) in [7, 11) is 0. The number of aromatic nitrogens is 5. The van der Waals surface area contributed by atoms with Crippen LogP contribution in [0, 0.1) is 0 Å². The number of hydrogen-bond donors (Lipinski definition) is 3. The average Bonchev–Trinajstić information content (AvgIpc) is 3.52. The number of amides is 1. The molecule has 0 fully saturated rings. The summed E-state index contributed by atoms with van der Waals surface area (Å²) in [5.74, 6) is 0.588. The average molecular weight is 392 g/mol. The van der Waals surface area contributed by atoms with Gasteiger partial charge in [-0.05, 0) is 34.4 Å². The number of hydrogen-bond acceptors (Lipinski definition) is 4. The minimum absolute atomic E-state index is 0.194. The van der Waals surface area contributed by atoms with E-state index in [1.807, 2.05) is 24.3 Å². The quantitative estimate of drug-likeness (QED) is 0.434. The third-order valence-electron chi connectivity index (χ3n) is 5.51. The van der Waals surface area contributed by atoms with Gasteiger partial charge in [0.25, 0.3) is 5.91 Å². The zero-order chi connectivity index (χ0) is 20.1. The van der Waals surface area contributed by atoms with E-state index in [9.17, 15) is 4.79 Å². The number of carbonyl (C=O) groups is 1. The maximum Gasteiger partial charge on any atom is 0.270 e. The van der Waals surface area contributed by atoms with E-state index < -0.39 is 0 Å². The Hall–Kier alpha value is -4.26. The largest absolute Gasteiger partial charge is 0.340 e. The summed E-state index contributed by atoms with van der Waals surface area (Å²) in [4.78, 5) is 25.1. The molecule has 3 N–H and O–H groups in total. The lowest BCUT2D eigenvalue weighted by Crippen LogP contribution is -2.28. The van der Waals surface area contributed by atoms with E-state index >= 15 is 0 Å². The Labute approximate surface area is 171 Å². The number of aromatic amines is 2. The number of fused-ring (bicyclic) bond motifs is 4. The molecule has 1 amide bonds. The summed E-state index contributed by atoms with van der Waals surface area (Å²) in [5, 5.41) is 9.75. The molecule has 0 aliphatic heterocycles. The van der Waals surface area contributed by atoms with Gasteiger partial charge < -0.3 is 10.3 Å². The Kier molecular flexibility index (Phi) is 3.55. The smallest absolute Gasteiger partial charge is 0.270 e. The van der Waals surface area contributed by atoms with Crippen LogP contribution in [-0.2, 0) is 0 Å². The fraction of sp³-hybridized carbons (Fsp3) is 0.0435. The number of carbonyl (C=O) groups excluding carboxylic acids is 1. The lowest BCUT2D eigenvalue weighted by atomic mass is 9.99. The molecule has 1 unspecified atom stereocenters. The molecule has 1 aliphatic carbocycles. The predicted molar refractivity (Wildman–Crippen MR) is 113 cm³/mol. The van der Waals surface area contributed by atoms with Crippen LogP contribution >= 0.6 is 0 Å². The van der Waals surface area contributed by atoms with Gasteiger partial charge in [0.2, 0.25) is 0 Å². The van der Waals surface area contributed by atoms with E-state index in [1.165, 1.54) is 0 Å². The Morgan fingerprint density at radius 3 is 2.67 bits per heavy atom. The van der Waals surface area contributed by atoms with Crippen molar-refractivity contribution in [3.05, 3.63) is 90.0 Å². The second-order valence-corrected chi connectivity index (χ2v) is 7.21. The molecule has 1 atom stereocenters. The van der Waals surface area contributed by atoms with Crippen LogP contribution in [0.15, 0.2) is 73.2 Å². The molecule has 3 heterocycles. The monoisotopic (exact) mass is 392 g/mol. The molecule has 3 aromatic heterocycles. The van der Waals surface area contributed by atoms with E-state index in [1.54, 1.807) is 24.7 Å². The zero-order valence-corrected chi connectivity index (χ0v) is 15.8. The Balaban J connectivity index is 1.51. The molecule has 0 saturated heterocycles. The Morgan fingerprint density at radius 1 is 0.933 bits per heavy atom. The summed E-state index contributed by atoms with van der Waals surface area (Å²) in [6.07, 6.45) is 5.08. The van der Waals surface area contributed by atoms with E-state index in [0.29, 0.717) is 5.69 Å². The summed E-state index contributed by atoms with van der Waals surface area (Å²) >= 11 is 0. The minimum Gasteiger partial charge on any atom is -0.340 e. The molecule has 144 valence electrons. The highest BCUT2D eigenvalue weighted by Gasteiger charge is 2.32. The van der Waals surface area contributed by atoms with Crippen LogP contribution in [0.25, 0.3) is 33.5 Å². The van der Waals surface area contributed by atoms with Crippen molar-refractivity contribution in [3.8, 4) is 22.5 Å². The molecule has 0 bridgehead atoms. The van der Waals surface area contributed by atoms with Crippen LogP contribution in [0.5, 0.6) is 0 Å². The molecule has 7 nitrogen and oxygen atoms in total. The standard InChI is InChI=1S/C23H16N6O/c30-23(18-9-11-25-29-18)28-21-14-5-2-1-4-13(14)20-15(21)6-3-7-16(20)22-26-17-8-10-24-12-19(17)27-22/h1-12,21H,(H,25,29)(H,26,27)(H,28,30). The first-order chi connectivity index (χ1) is 14.8. The van der Waals surface area contributed by atoms with Gasteiger partial charge in [-0.1, -0.05) is 42.5 Å². The summed E-state index contributed by atoms with van der Waals surface area (Å²) in [6, 6.07) is 17.6. The summed E-state index contributed by atoms with van der Waals surface area (Å²) in [6.45, 7) is 0. The molecular formula is C23H16N6O. The summed E-state index contributed by atoms with van der Waals surface area (Å²) < 4.78 is 0. The van der Waals surface area contributed by atoms with Crippen LogP contribution in [0.1, 0.15) is 27.7 Å². The van der Waals surface area contributed by atoms with Crippen molar-refractivity contribution < 1.29 is 4.79 Å². The molecule has 30 heavy (non-hydrogen) atoms. The second-order valence-electron chi connectivity index (χ2n) is 7.21. The molecule has 7 heteroatoms. The molecule has 6 rings (SSSR count). The second kappa shape index (κ2) is 6.38. The van der Waals surface area contributed by atoms with E-state index in [4.69, 9.17) is 4.98 Å². The fourth-order valence-corrected chi connectivity index (χ4v) is 4.18. The molecule has 5 aromatic rings. The minimum atomic E-state index is -0.252. The number of pyridine rings is 1. The van der Waals surface area contributed by atoms with Gasteiger partial charge in [-0.3, -0.25) is 14.9 Å². The van der Waals surface area contributed by atoms with E-state index in [0.717, 1.165) is 44.7 Å². The highest BCUT2D eigenvalue weighted by Crippen LogP contribution is 2.47. The van der Waals surface area contributed by atoms with Gasteiger partial charge in [0.1, 0.15) is 11.5 Å². The van der Waals surface area contributed by atoms with Gasteiger partial charge in [0.15, 0.2) is 0 Å². The first-order valence-corrected chi connectivity index (χ1v) is 9.62. The van der Waals surface area contributed by atoms with Crippen LogP contribution < -0.4 is 5.32 Å². The van der Waals surface area contributed by atoms with Crippen molar-refractivity contribution >= 4 is 16.9 Å². The van der Waals surface area contributed by atoms with Crippen molar-refractivity contribution in [3.63, 3.8) is 0 Å². The van der Waals surface area contributed by atoms with E-state index in [-0.39, 0.29) is 11.9 Å². The third kappa shape index (κ3) is 2.45. The van der Waals surface area contributed by atoms with Crippen LogP contribution in [0.2, 0.25) is 0 Å². The lowest BCUT2D eigenvalue weighted by molar-refractivity contribution is 0.0938. The van der Waals surface area contributed by atoms with Crippen LogP contribution in [0.3, 0.4) is 0 Å². The van der Waals surface area contributed by atoms with Gasteiger partial charge in [0.05, 0.1) is 23.3 Å². The number of nitrogens with one attached hydrogen (secondary N) is 3. The molecular weight excluding hydrogens is 376 g/mol. The van der Waals surface area contributed by atoms with Gasteiger partial charge in [0, 0.05) is 18.0 Å². The molecule has 0 spiro atoms. The molecule has 1 aliphatic rings. The number of H-pyrrole nitrogens is 2. The number of rotatable bonds is 3. The van der Waals surface area contributed by atoms with Crippen molar-refractivity contribution in [1.29, 1.82) is 0 Å². The normalized spacial score (nSPS) is 14.5. The van der Waals surface area contributed by atoms with E-state index in [2.05, 4.69) is 49.7 Å². The molecule has 0 saturated carbocycles. The Bertz CT molecular complexity index is 1370. The number of imidazole rings is 1. The van der Waals surface area contributed by atoms with Crippen molar-refractivity contribution in [2.75, 3.05) is 0 Å². The number of nitrogens with zero attached hydrogens (tertiary/aromatic N) is 3. The van der Waals surface area contributed by atoms with Gasteiger partial charge in [-0.25, -0.2) is 4.98 Å². The van der Waals surface area contributed by atoms with Crippen molar-refractivity contribution in [1.82, 2.24) is 30.5 Å². The lowest BCUT2D eigenvalue weighted by Gasteiger charge is -2.15. The SMILES string of the molecule is O=C(NC1c2ccccc2-c2c(-c3nc4ccncc4[nH]3)cccc21)c1ccn[nH]1. The Morgan fingerprint density at radius 2 is 1.80 bits per heavy atom. The van der Waals surface area contributed by atoms with Gasteiger partial charge in [-0.15, -0.1) is 0 Å². The first kappa shape index (κ1) is 16.7.